The minimum Gasteiger partial charge on any atom is -0.461 e. The van der Waals surface area contributed by atoms with E-state index in [1.165, 1.54) is 12.1 Å². The van der Waals surface area contributed by atoms with Crippen molar-refractivity contribution in [3.63, 3.8) is 0 Å². The summed E-state index contributed by atoms with van der Waals surface area (Å²) >= 11 is 1.64. The summed E-state index contributed by atoms with van der Waals surface area (Å²) in [4.78, 5) is 16.9. The van der Waals surface area contributed by atoms with Gasteiger partial charge in [-0.2, -0.15) is 0 Å². The minimum atomic E-state index is -0.590. The molecule has 0 bridgehead atoms. The molecule has 5 rings (SSSR count). The number of para-hydroxylation sites is 1. The Balaban J connectivity index is 1.19. The van der Waals surface area contributed by atoms with Gasteiger partial charge < -0.3 is 14.2 Å². The van der Waals surface area contributed by atoms with E-state index in [0.717, 1.165) is 20.8 Å². The van der Waals surface area contributed by atoms with Gasteiger partial charge in [0.1, 0.15) is 18.2 Å². The number of ether oxygens (including phenoxy) is 3. The highest BCUT2D eigenvalue weighted by atomic mass is 32.1. The summed E-state index contributed by atoms with van der Waals surface area (Å²) in [6.45, 7) is 0.164. The molecule has 0 N–H and O–H groups in total. The smallest absolute Gasteiger partial charge is 0.306 e. The minimum absolute atomic E-state index is 0.0540. The van der Waals surface area contributed by atoms with Crippen LogP contribution < -0.4 is 4.74 Å². The summed E-state index contributed by atoms with van der Waals surface area (Å²) in [7, 11) is 0. The molecule has 0 spiro atoms. The molecule has 0 aliphatic carbocycles. The molecule has 0 unspecified atom stereocenters. The summed E-state index contributed by atoms with van der Waals surface area (Å²) in [6, 6.07) is 20.3. The van der Waals surface area contributed by atoms with Crippen LogP contribution in [0.2, 0.25) is 0 Å². The van der Waals surface area contributed by atoms with Crippen LogP contribution in [-0.2, 0) is 33.9 Å². The lowest BCUT2D eigenvalue weighted by Crippen LogP contribution is -2.20. The lowest BCUT2D eigenvalue weighted by molar-refractivity contribution is -0.145. The molecule has 1 atom stereocenters. The SMILES string of the molecule is O=C(CCCc1nc2ccccc2s1)OCc1cc(F)cc2c1O[C@@H](c1ccccc1)OC2. The van der Waals surface area contributed by atoms with E-state index in [9.17, 15) is 9.18 Å². The average molecular weight is 464 g/mol. The van der Waals surface area contributed by atoms with Gasteiger partial charge in [-0.1, -0.05) is 42.5 Å². The number of esters is 1. The number of fused-ring (bicyclic) bond motifs is 2. The van der Waals surface area contributed by atoms with E-state index in [1.807, 2.05) is 54.6 Å². The van der Waals surface area contributed by atoms with Crippen molar-refractivity contribution < 1.29 is 23.4 Å². The van der Waals surface area contributed by atoms with Gasteiger partial charge in [-0.05, 0) is 37.1 Å². The lowest BCUT2D eigenvalue weighted by Gasteiger charge is -2.28. The second-order valence-electron chi connectivity index (χ2n) is 7.81. The van der Waals surface area contributed by atoms with Gasteiger partial charge in [-0.25, -0.2) is 9.37 Å². The fourth-order valence-corrected chi connectivity index (χ4v) is 4.81. The maximum absolute atomic E-state index is 14.1. The number of aryl methyl sites for hydroxylation is 1. The molecule has 1 aliphatic heterocycles. The van der Waals surface area contributed by atoms with E-state index in [2.05, 4.69) is 4.98 Å². The molecule has 0 saturated heterocycles. The van der Waals surface area contributed by atoms with Crippen LogP contribution in [0.25, 0.3) is 10.2 Å². The van der Waals surface area contributed by atoms with Crippen LogP contribution in [0.1, 0.15) is 40.8 Å². The van der Waals surface area contributed by atoms with Gasteiger partial charge in [0.15, 0.2) is 0 Å². The number of nitrogens with zero attached hydrogens (tertiary/aromatic N) is 1. The van der Waals surface area contributed by atoms with Crippen molar-refractivity contribution in [1.82, 2.24) is 4.98 Å². The summed E-state index contributed by atoms with van der Waals surface area (Å²) in [5.74, 6) is -0.236. The number of carbonyl (C=O) groups excluding carboxylic acids is 1. The van der Waals surface area contributed by atoms with Gasteiger partial charge >= 0.3 is 5.97 Å². The summed E-state index contributed by atoms with van der Waals surface area (Å²) in [6.07, 6.45) is 1.03. The maximum atomic E-state index is 14.1. The zero-order valence-corrected chi connectivity index (χ0v) is 18.6. The number of benzene rings is 3. The molecular weight excluding hydrogens is 441 g/mol. The summed E-state index contributed by atoms with van der Waals surface area (Å²) in [5, 5.41) is 1.00. The Labute approximate surface area is 194 Å². The molecule has 0 fully saturated rings. The highest BCUT2D eigenvalue weighted by Gasteiger charge is 2.25. The van der Waals surface area contributed by atoms with Crippen LogP contribution in [0.5, 0.6) is 5.75 Å². The first-order valence-corrected chi connectivity index (χ1v) is 11.6. The predicted molar refractivity (Wildman–Crippen MR) is 123 cm³/mol. The monoisotopic (exact) mass is 463 g/mol. The van der Waals surface area contributed by atoms with E-state index in [-0.39, 0.29) is 25.6 Å². The van der Waals surface area contributed by atoms with E-state index in [1.54, 1.807) is 11.3 Å². The van der Waals surface area contributed by atoms with Crippen LogP contribution in [0, 0.1) is 5.82 Å². The molecule has 1 aromatic heterocycles. The molecular formula is C26H22FNO4S. The fourth-order valence-electron chi connectivity index (χ4n) is 3.80. The third-order valence-electron chi connectivity index (χ3n) is 5.39. The van der Waals surface area contributed by atoms with E-state index in [0.29, 0.717) is 29.7 Å². The Bertz CT molecular complexity index is 1240. The highest BCUT2D eigenvalue weighted by molar-refractivity contribution is 7.18. The highest BCUT2D eigenvalue weighted by Crippen LogP contribution is 2.37. The Hall–Kier alpha value is -3.29. The Morgan fingerprint density at radius 2 is 1.94 bits per heavy atom. The molecule has 7 heteroatoms. The quantitative estimate of drug-likeness (QED) is 0.310. The van der Waals surface area contributed by atoms with Crippen molar-refractivity contribution >= 4 is 27.5 Å². The summed E-state index contributed by atoms with van der Waals surface area (Å²) in [5.41, 5.74) is 2.94. The zero-order valence-electron chi connectivity index (χ0n) is 17.8. The lowest BCUT2D eigenvalue weighted by atomic mass is 10.1. The first kappa shape index (κ1) is 21.6. The predicted octanol–water partition coefficient (Wildman–Crippen LogP) is 6.11. The number of thiazole rings is 1. The average Bonchev–Trinajstić information content (AvgIpc) is 3.25. The Kier molecular flexibility index (Phi) is 6.32. The van der Waals surface area contributed by atoms with Crippen LogP contribution in [0.3, 0.4) is 0 Å². The number of halogens is 1. The number of aromatic nitrogens is 1. The van der Waals surface area contributed by atoms with Gasteiger partial charge in [0.2, 0.25) is 6.29 Å². The van der Waals surface area contributed by atoms with Crippen molar-refractivity contribution in [1.29, 1.82) is 0 Å². The van der Waals surface area contributed by atoms with Crippen LogP contribution >= 0.6 is 11.3 Å². The van der Waals surface area contributed by atoms with Gasteiger partial charge in [-0.3, -0.25) is 4.79 Å². The largest absolute Gasteiger partial charge is 0.461 e. The molecule has 33 heavy (non-hydrogen) atoms. The summed E-state index contributed by atoms with van der Waals surface area (Å²) < 4.78 is 32.5. The first-order chi connectivity index (χ1) is 16.2. The van der Waals surface area contributed by atoms with Crippen LogP contribution in [0.4, 0.5) is 4.39 Å². The molecule has 3 aromatic carbocycles. The standard InChI is InChI=1S/C26H22FNO4S/c27-20-13-18(25-19(14-20)16-31-26(32-25)17-7-2-1-3-8-17)15-30-24(29)12-6-11-23-28-21-9-4-5-10-22(21)33-23/h1-5,7-10,13-14,26H,6,11-12,15-16H2/t26-/m0/s1. The second kappa shape index (κ2) is 9.68. The van der Waals surface area contributed by atoms with Gasteiger partial charge in [0, 0.05) is 23.1 Å². The number of hydrogen-bond donors (Lipinski definition) is 0. The van der Waals surface area contributed by atoms with Crippen molar-refractivity contribution in [3.05, 3.63) is 94.2 Å². The Morgan fingerprint density at radius 1 is 1.12 bits per heavy atom. The number of rotatable bonds is 7. The molecule has 0 saturated carbocycles. The number of carbonyl (C=O) groups is 1. The third-order valence-corrected chi connectivity index (χ3v) is 6.49. The van der Waals surface area contributed by atoms with Crippen molar-refractivity contribution in [2.75, 3.05) is 0 Å². The molecule has 0 amide bonds. The fraction of sp³-hybridized carbons (Fsp3) is 0.231. The van der Waals surface area contributed by atoms with Crippen LogP contribution in [0.15, 0.2) is 66.7 Å². The normalized spacial score (nSPS) is 15.1. The van der Waals surface area contributed by atoms with Crippen molar-refractivity contribution in [3.8, 4) is 5.75 Å². The van der Waals surface area contributed by atoms with E-state index >= 15 is 0 Å². The number of hydrogen-bond acceptors (Lipinski definition) is 6. The molecule has 2 heterocycles. The maximum Gasteiger partial charge on any atom is 0.306 e. The van der Waals surface area contributed by atoms with Crippen LogP contribution in [-0.4, -0.2) is 11.0 Å². The van der Waals surface area contributed by atoms with Gasteiger partial charge in [-0.15, -0.1) is 11.3 Å². The molecule has 4 aromatic rings. The third kappa shape index (κ3) is 5.05. The van der Waals surface area contributed by atoms with Crippen molar-refractivity contribution in [2.45, 2.75) is 38.8 Å². The van der Waals surface area contributed by atoms with E-state index < -0.39 is 12.1 Å². The Morgan fingerprint density at radius 3 is 2.79 bits per heavy atom. The molecule has 1 aliphatic rings. The first-order valence-electron chi connectivity index (χ1n) is 10.8. The topological polar surface area (TPSA) is 57.7 Å². The van der Waals surface area contributed by atoms with E-state index in [4.69, 9.17) is 14.2 Å². The molecule has 5 nitrogen and oxygen atoms in total. The van der Waals surface area contributed by atoms with Gasteiger partial charge in [0.25, 0.3) is 0 Å². The molecule has 0 radical (unpaired) electrons. The van der Waals surface area contributed by atoms with Crippen molar-refractivity contribution in [2.24, 2.45) is 0 Å². The molecule has 168 valence electrons. The zero-order chi connectivity index (χ0) is 22.6. The second-order valence-corrected chi connectivity index (χ2v) is 8.93. The van der Waals surface area contributed by atoms with Gasteiger partial charge in [0.05, 0.1) is 21.8 Å².